The minimum Gasteiger partial charge on any atom is -0.333 e. The van der Waals surface area contributed by atoms with Crippen molar-refractivity contribution in [2.24, 2.45) is 0 Å². The third-order valence-corrected chi connectivity index (χ3v) is 6.69. The number of thiophene rings is 1. The van der Waals surface area contributed by atoms with Crippen molar-refractivity contribution < 1.29 is 4.79 Å². The molecular formula is C18H22N6OS. The molecule has 0 spiro atoms. The maximum atomic E-state index is 12.9. The molecule has 136 valence electrons. The number of carbonyl (C=O) groups is 1. The van der Waals surface area contributed by atoms with Crippen molar-refractivity contribution in [3.63, 3.8) is 0 Å². The molecule has 0 unspecified atom stereocenters. The number of fused-ring (bicyclic) bond motifs is 5. The summed E-state index contributed by atoms with van der Waals surface area (Å²) >= 11 is 1.78. The molecule has 0 bridgehead atoms. The quantitative estimate of drug-likeness (QED) is 0.710. The molecular weight excluding hydrogens is 348 g/mol. The molecule has 1 amide bonds. The molecule has 3 aromatic heterocycles. The van der Waals surface area contributed by atoms with Gasteiger partial charge in [0.05, 0.1) is 5.39 Å². The van der Waals surface area contributed by atoms with Crippen LogP contribution < -0.4 is 5.32 Å². The first-order chi connectivity index (χ1) is 12.6. The fourth-order valence-electron chi connectivity index (χ4n) is 4.19. The number of nitrogens with zero attached hydrogens (tertiary/aromatic N) is 5. The Kier molecular flexibility index (Phi) is 3.72. The summed E-state index contributed by atoms with van der Waals surface area (Å²) in [7, 11) is 0. The van der Waals surface area contributed by atoms with Crippen LogP contribution in [0.5, 0.6) is 0 Å². The molecule has 7 nitrogen and oxygen atoms in total. The summed E-state index contributed by atoms with van der Waals surface area (Å²) in [6.07, 6.45) is 3.54. The first-order valence-electron chi connectivity index (χ1n) is 9.32. The van der Waals surface area contributed by atoms with E-state index >= 15 is 0 Å². The zero-order valence-corrected chi connectivity index (χ0v) is 15.9. The van der Waals surface area contributed by atoms with Gasteiger partial charge in [0.2, 0.25) is 5.82 Å². The molecule has 0 saturated carbocycles. The molecule has 5 rings (SSSR count). The molecule has 3 aromatic rings. The third-order valence-electron chi connectivity index (χ3n) is 5.53. The number of aryl methyl sites for hydroxylation is 2. The van der Waals surface area contributed by atoms with Gasteiger partial charge < -0.3 is 10.2 Å². The van der Waals surface area contributed by atoms with E-state index in [1.165, 1.54) is 23.3 Å². The smallest absolute Gasteiger partial charge is 0.293 e. The number of hydrogen-bond acceptors (Lipinski definition) is 6. The molecule has 1 aliphatic heterocycles. The lowest BCUT2D eigenvalue weighted by Crippen LogP contribution is -2.46. The number of piperazine rings is 1. The molecule has 26 heavy (non-hydrogen) atoms. The minimum absolute atomic E-state index is 0.0834. The van der Waals surface area contributed by atoms with Gasteiger partial charge in [-0.05, 0) is 37.7 Å². The van der Waals surface area contributed by atoms with Gasteiger partial charge in [-0.1, -0.05) is 6.92 Å². The highest BCUT2D eigenvalue weighted by Gasteiger charge is 2.28. The van der Waals surface area contributed by atoms with Crippen LogP contribution in [-0.4, -0.2) is 56.6 Å². The highest BCUT2D eigenvalue weighted by Crippen LogP contribution is 2.42. The van der Waals surface area contributed by atoms with E-state index in [9.17, 15) is 4.79 Å². The minimum atomic E-state index is -0.0834. The van der Waals surface area contributed by atoms with Gasteiger partial charge in [0.15, 0.2) is 5.65 Å². The molecule has 1 fully saturated rings. The topological polar surface area (TPSA) is 75.4 Å². The van der Waals surface area contributed by atoms with Gasteiger partial charge in [0.25, 0.3) is 5.91 Å². The van der Waals surface area contributed by atoms with E-state index in [0.717, 1.165) is 41.2 Å². The van der Waals surface area contributed by atoms with Gasteiger partial charge in [-0.15, -0.1) is 16.4 Å². The first-order valence-corrected chi connectivity index (χ1v) is 10.1. The Hall–Kier alpha value is -2.06. The number of rotatable bonds is 1. The number of carbonyl (C=O) groups excluding carboxylic acids is 1. The zero-order valence-electron chi connectivity index (χ0n) is 15.1. The summed E-state index contributed by atoms with van der Waals surface area (Å²) in [4.78, 5) is 26.6. The van der Waals surface area contributed by atoms with Gasteiger partial charge in [-0.25, -0.2) is 9.97 Å². The van der Waals surface area contributed by atoms with Crippen LogP contribution >= 0.6 is 11.3 Å². The second-order valence-corrected chi connectivity index (χ2v) is 8.37. The van der Waals surface area contributed by atoms with Crippen molar-refractivity contribution in [3.8, 4) is 0 Å². The predicted octanol–water partition coefficient (Wildman–Crippen LogP) is 2.13. The summed E-state index contributed by atoms with van der Waals surface area (Å²) in [5, 5.41) is 8.90. The molecule has 1 N–H and O–H groups in total. The predicted molar refractivity (Wildman–Crippen MR) is 101 cm³/mol. The van der Waals surface area contributed by atoms with E-state index < -0.39 is 0 Å². The highest BCUT2D eigenvalue weighted by molar-refractivity contribution is 7.19. The van der Waals surface area contributed by atoms with Crippen LogP contribution in [0.25, 0.3) is 15.9 Å². The molecule has 8 heteroatoms. The van der Waals surface area contributed by atoms with Crippen LogP contribution in [0.3, 0.4) is 0 Å². The number of amides is 1. The van der Waals surface area contributed by atoms with E-state index in [1.807, 2.05) is 11.8 Å². The van der Waals surface area contributed by atoms with Gasteiger partial charge in [0, 0.05) is 31.1 Å². The first kappa shape index (κ1) is 16.1. The Labute approximate surface area is 155 Å². The molecule has 2 aliphatic rings. The average molecular weight is 370 g/mol. The maximum absolute atomic E-state index is 12.9. The second kappa shape index (κ2) is 5.99. The monoisotopic (exact) mass is 370 g/mol. The van der Waals surface area contributed by atoms with Crippen LogP contribution in [0.4, 0.5) is 0 Å². The fraction of sp³-hybridized carbons (Fsp3) is 0.556. The molecule has 0 radical (unpaired) electrons. The van der Waals surface area contributed by atoms with Crippen molar-refractivity contribution in [3.05, 3.63) is 22.1 Å². The Morgan fingerprint density at radius 2 is 2.08 bits per heavy atom. The van der Waals surface area contributed by atoms with Crippen molar-refractivity contribution in [1.82, 2.24) is 29.8 Å². The summed E-state index contributed by atoms with van der Waals surface area (Å²) in [5.41, 5.74) is 2.17. The zero-order chi connectivity index (χ0) is 17.8. The van der Waals surface area contributed by atoms with Crippen molar-refractivity contribution in [2.45, 2.75) is 39.0 Å². The molecule has 1 atom stereocenters. The van der Waals surface area contributed by atoms with E-state index in [-0.39, 0.29) is 11.7 Å². The molecule has 1 saturated heterocycles. The van der Waals surface area contributed by atoms with Crippen LogP contribution in [0.1, 0.15) is 52.6 Å². The normalized spacial score (nSPS) is 20.7. The maximum Gasteiger partial charge on any atom is 0.293 e. The summed E-state index contributed by atoms with van der Waals surface area (Å²) in [6, 6.07) is 0. The summed E-state index contributed by atoms with van der Waals surface area (Å²) in [5.74, 6) is 1.49. The lowest BCUT2D eigenvalue weighted by atomic mass is 9.87. The Balaban J connectivity index is 1.69. The van der Waals surface area contributed by atoms with Gasteiger partial charge in [-0.2, -0.15) is 4.52 Å². The second-order valence-electron chi connectivity index (χ2n) is 7.28. The van der Waals surface area contributed by atoms with Gasteiger partial charge in [-0.3, -0.25) is 4.79 Å². The van der Waals surface area contributed by atoms with Crippen molar-refractivity contribution in [2.75, 3.05) is 26.2 Å². The van der Waals surface area contributed by atoms with E-state index in [1.54, 1.807) is 15.9 Å². The summed E-state index contributed by atoms with van der Waals surface area (Å²) in [6.45, 7) is 7.25. The Morgan fingerprint density at radius 1 is 1.27 bits per heavy atom. The SMILES string of the molecule is Cc1nc2sc3c(c2c2nc(C(=O)N4CCNCC4)nn12)[C@@H](C)CCC3. The van der Waals surface area contributed by atoms with Crippen molar-refractivity contribution >= 4 is 33.1 Å². The van der Waals surface area contributed by atoms with Crippen LogP contribution in [0, 0.1) is 6.92 Å². The Morgan fingerprint density at radius 3 is 2.88 bits per heavy atom. The van der Waals surface area contributed by atoms with Crippen molar-refractivity contribution in [1.29, 1.82) is 0 Å². The third kappa shape index (κ3) is 2.35. The largest absolute Gasteiger partial charge is 0.333 e. The highest BCUT2D eigenvalue weighted by atomic mass is 32.1. The lowest BCUT2D eigenvalue weighted by Gasteiger charge is -2.26. The van der Waals surface area contributed by atoms with Gasteiger partial charge >= 0.3 is 0 Å². The van der Waals surface area contributed by atoms with Crippen LogP contribution in [0.15, 0.2) is 0 Å². The van der Waals surface area contributed by atoms with Crippen LogP contribution in [-0.2, 0) is 6.42 Å². The van der Waals surface area contributed by atoms with E-state index in [4.69, 9.17) is 9.97 Å². The van der Waals surface area contributed by atoms with Gasteiger partial charge in [0.1, 0.15) is 10.7 Å². The van der Waals surface area contributed by atoms with E-state index in [0.29, 0.717) is 19.0 Å². The molecule has 0 aromatic carbocycles. The van der Waals surface area contributed by atoms with E-state index in [2.05, 4.69) is 17.3 Å². The number of nitrogens with one attached hydrogen (secondary N) is 1. The number of hydrogen-bond donors (Lipinski definition) is 1. The van der Waals surface area contributed by atoms with Crippen LogP contribution in [0.2, 0.25) is 0 Å². The summed E-state index contributed by atoms with van der Waals surface area (Å²) < 4.78 is 1.76. The molecule has 4 heterocycles. The fourth-order valence-corrected chi connectivity index (χ4v) is 5.56. The standard InChI is InChI=1S/C18H22N6OS/c1-10-4-3-5-12-13(10)14-16-21-15(18(25)23-8-6-19-7-9-23)22-24(16)11(2)20-17(14)26-12/h10,19H,3-9H2,1-2H3/t10-/m0/s1. The average Bonchev–Trinajstić information content (AvgIpc) is 3.24. The molecule has 1 aliphatic carbocycles. The number of aromatic nitrogens is 4. The Bertz CT molecular complexity index is 1020. The lowest BCUT2D eigenvalue weighted by molar-refractivity contribution is 0.0723.